The number of hydrogen-bond acceptors (Lipinski definition) is 4. The van der Waals surface area contributed by atoms with Crippen LogP contribution in [0.4, 0.5) is 13.2 Å². The molecule has 21 heavy (non-hydrogen) atoms. The molecular weight excluding hydrogens is 291 g/mol. The zero-order valence-electron chi connectivity index (χ0n) is 11.4. The zero-order chi connectivity index (χ0) is 16.2. The Balaban J connectivity index is 2.83. The average molecular weight is 305 g/mol. The molecule has 0 radical (unpaired) electrons. The number of amides is 1. The van der Waals surface area contributed by atoms with Crippen LogP contribution in [-0.4, -0.2) is 33.0 Å². The van der Waals surface area contributed by atoms with Crippen molar-refractivity contribution in [3.8, 4) is 0 Å². The van der Waals surface area contributed by atoms with Gasteiger partial charge in [-0.25, -0.2) is 9.97 Å². The molecular formula is C12H14F3N3O3. The van der Waals surface area contributed by atoms with E-state index in [1.807, 2.05) is 0 Å². The third-order valence-electron chi connectivity index (χ3n) is 2.51. The quantitative estimate of drug-likeness (QED) is 0.865. The van der Waals surface area contributed by atoms with Crippen molar-refractivity contribution in [3.63, 3.8) is 0 Å². The van der Waals surface area contributed by atoms with Gasteiger partial charge in [0.05, 0.1) is 0 Å². The summed E-state index contributed by atoms with van der Waals surface area (Å²) >= 11 is 0. The highest BCUT2D eigenvalue weighted by atomic mass is 19.4. The monoisotopic (exact) mass is 305 g/mol. The zero-order valence-corrected chi connectivity index (χ0v) is 11.4. The Morgan fingerprint density at radius 3 is 2.52 bits per heavy atom. The normalized spacial score (nSPS) is 12.8. The first-order valence-electron chi connectivity index (χ1n) is 6.05. The Bertz CT molecular complexity index is 546. The van der Waals surface area contributed by atoms with Gasteiger partial charge in [-0.15, -0.1) is 0 Å². The molecule has 1 aromatic heterocycles. The van der Waals surface area contributed by atoms with E-state index in [9.17, 15) is 22.8 Å². The minimum absolute atomic E-state index is 0.0145. The largest absolute Gasteiger partial charge is 0.481 e. The number of carbonyl (C=O) groups is 2. The van der Waals surface area contributed by atoms with Crippen LogP contribution < -0.4 is 5.32 Å². The van der Waals surface area contributed by atoms with Crippen molar-refractivity contribution in [2.24, 2.45) is 0 Å². The third kappa shape index (κ3) is 5.36. The van der Waals surface area contributed by atoms with E-state index in [1.165, 1.54) is 6.92 Å². The summed E-state index contributed by atoms with van der Waals surface area (Å²) in [6, 6.07) is 0.632. The van der Waals surface area contributed by atoms with Crippen molar-refractivity contribution in [3.05, 3.63) is 23.3 Å². The molecule has 2 N–H and O–H groups in total. The van der Waals surface area contributed by atoms with Gasteiger partial charge in [0.2, 0.25) is 5.82 Å². The molecule has 1 atom stereocenters. The smallest absolute Gasteiger partial charge is 0.451 e. The SMILES string of the molecule is Cc1cc(C(=O)NC(C)CCC(=O)O)nc(C(F)(F)F)n1. The Kier molecular flexibility index (Phi) is 5.23. The van der Waals surface area contributed by atoms with E-state index in [-0.39, 0.29) is 18.5 Å². The molecule has 0 aliphatic carbocycles. The van der Waals surface area contributed by atoms with Crippen LogP contribution in [0.3, 0.4) is 0 Å². The first-order chi connectivity index (χ1) is 9.59. The standard InChI is InChI=1S/C12H14F3N3O3/c1-6(3-4-9(19)20)16-10(21)8-5-7(2)17-11(18-8)12(13,14)15/h5-6H,3-4H2,1-2H3,(H,16,21)(H,19,20). The van der Waals surface area contributed by atoms with Gasteiger partial charge in [0.1, 0.15) is 5.69 Å². The lowest BCUT2D eigenvalue weighted by molar-refractivity contribution is -0.145. The van der Waals surface area contributed by atoms with E-state index < -0.39 is 35.6 Å². The van der Waals surface area contributed by atoms with Crippen LogP contribution in [0.15, 0.2) is 6.07 Å². The number of nitrogens with one attached hydrogen (secondary N) is 1. The summed E-state index contributed by atoms with van der Waals surface area (Å²) in [5.41, 5.74) is -0.391. The average Bonchev–Trinajstić information content (AvgIpc) is 2.34. The maximum absolute atomic E-state index is 12.6. The number of rotatable bonds is 5. The Labute approximate surface area is 118 Å². The summed E-state index contributed by atoms with van der Waals surface area (Å²) in [6.45, 7) is 2.88. The minimum Gasteiger partial charge on any atom is -0.481 e. The van der Waals surface area contributed by atoms with Gasteiger partial charge in [0.25, 0.3) is 5.91 Å². The van der Waals surface area contributed by atoms with Gasteiger partial charge in [-0.3, -0.25) is 9.59 Å². The van der Waals surface area contributed by atoms with Crippen molar-refractivity contribution >= 4 is 11.9 Å². The Morgan fingerprint density at radius 2 is 2.00 bits per heavy atom. The Morgan fingerprint density at radius 1 is 1.38 bits per heavy atom. The fourth-order valence-corrected chi connectivity index (χ4v) is 1.52. The number of aryl methyl sites for hydroxylation is 1. The fraction of sp³-hybridized carbons (Fsp3) is 0.500. The van der Waals surface area contributed by atoms with E-state index in [2.05, 4.69) is 15.3 Å². The number of carbonyl (C=O) groups excluding carboxylic acids is 1. The second-order valence-corrected chi connectivity index (χ2v) is 4.52. The molecule has 116 valence electrons. The first kappa shape index (κ1) is 16.9. The molecule has 1 rings (SSSR count). The molecule has 9 heteroatoms. The summed E-state index contributed by atoms with van der Waals surface area (Å²) in [4.78, 5) is 28.6. The number of aromatic nitrogens is 2. The topological polar surface area (TPSA) is 92.2 Å². The third-order valence-corrected chi connectivity index (χ3v) is 2.51. The first-order valence-corrected chi connectivity index (χ1v) is 6.05. The van der Waals surface area contributed by atoms with Crippen molar-refractivity contribution in [1.29, 1.82) is 0 Å². The van der Waals surface area contributed by atoms with Crippen molar-refractivity contribution < 1.29 is 27.9 Å². The second-order valence-electron chi connectivity index (χ2n) is 4.52. The highest BCUT2D eigenvalue weighted by Gasteiger charge is 2.35. The predicted molar refractivity (Wildman–Crippen MR) is 65.6 cm³/mol. The summed E-state index contributed by atoms with van der Waals surface area (Å²) in [6.07, 6.45) is -4.73. The molecule has 0 aromatic carbocycles. The summed E-state index contributed by atoms with van der Waals surface area (Å²) < 4.78 is 37.7. The van der Waals surface area contributed by atoms with Crippen LogP contribution in [0.5, 0.6) is 0 Å². The number of halogens is 3. The molecule has 0 aliphatic rings. The molecule has 0 saturated heterocycles. The number of carboxylic acids is 1. The highest BCUT2D eigenvalue weighted by Crippen LogP contribution is 2.26. The molecule has 0 spiro atoms. The summed E-state index contributed by atoms with van der Waals surface area (Å²) in [7, 11) is 0. The van der Waals surface area contributed by atoms with Crippen LogP contribution in [-0.2, 0) is 11.0 Å². The molecule has 0 fully saturated rings. The van der Waals surface area contributed by atoms with Crippen LogP contribution >= 0.6 is 0 Å². The minimum atomic E-state index is -4.74. The van der Waals surface area contributed by atoms with Crippen molar-refractivity contribution in [1.82, 2.24) is 15.3 Å². The number of aliphatic carboxylic acids is 1. The maximum atomic E-state index is 12.6. The molecule has 1 amide bonds. The summed E-state index contributed by atoms with van der Waals surface area (Å²) in [5.74, 6) is -3.21. The number of alkyl halides is 3. The van der Waals surface area contributed by atoms with Gasteiger partial charge >= 0.3 is 12.1 Å². The number of hydrogen-bond donors (Lipinski definition) is 2. The Hall–Kier alpha value is -2.19. The molecule has 1 aromatic rings. The van der Waals surface area contributed by atoms with Gasteiger partial charge in [-0.2, -0.15) is 13.2 Å². The van der Waals surface area contributed by atoms with Crippen LogP contribution in [0.25, 0.3) is 0 Å². The van der Waals surface area contributed by atoms with Gasteiger partial charge in [0.15, 0.2) is 0 Å². The molecule has 0 bridgehead atoms. The van der Waals surface area contributed by atoms with E-state index in [0.717, 1.165) is 6.07 Å². The second kappa shape index (κ2) is 6.51. The van der Waals surface area contributed by atoms with Crippen molar-refractivity contribution in [2.75, 3.05) is 0 Å². The molecule has 0 aliphatic heterocycles. The van der Waals surface area contributed by atoms with E-state index >= 15 is 0 Å². The number of carboxylic acid groups (broad SMARTS) is 1. The van der Waals surface area contributed by atoms with Gasteiger partial charge < -0.3 is 10.4 Å². The van der Waals surface area contributed by atoms with Gasteiger partial charge in [0, 0.05) is 18.2 Å². The lowest BCUT2D eigenvalue weighted by Gasteiger charge is -2.13. The molecule has 1 heterocycles. The molecule has 1 unspecified atom stereocenters. The maximum Gasteiger partial charge on any atom is 0.451 e. The van der Waals surface area contributed by atoms with Crippen LogP contribution in [0.2, 0.25) is 0 Å². The van der Waals surface area contributed by atoms with E-state index in [4.69, 9.17) is 5.11 Å². The lowest BCUT2D eigenvalue weighted by atomic mass is 10.2. The van der Waals surface area contributed by atoms with Crippen LogP contribution in [0, 0.1) is 6.92 Å². The highest BCUT2D eigenvalue weighted by molar-refractivity contribution is 5.92. The van der Waals surface area contributed by atoms with E-state index in [1.54, 1.807) is 6.92 Å². The van der Waals surface area contributed by atoms with Crippen LogP contribution in [0.1, 0.15) is 41.8 Å². The molecule has 6 nitrogen and oxygen atoms in total. The fourth-order valence-electron chi connectivity index (χ4n) is 1.52. The van der Waals surface area contributed by atoms with Gasteiger partial charge in [-0.1, -0.05) is 0 Å². The summed E-state index contributed by atoms with van der Waals surface area (Å²) in [5, 5.41) is 10.9. The molecule has 0 saturated carbocycles. The number of nitrogens with zero attached hydrogens (tertiary/aromatic N) is 2. The van der Waals surface area contributed by atoms with Crippen molar-refractivity contribution in [2.45, 2.75) is 38.9 Å². The predicted octanol–water partition coefficient (Wildman–Crippen LogP) is 1.79. The lowest BCUT2D eigenvalue weighted by Crippen LogP contribution is -2.34. The van der Waals surface area contributed by atoms with E-state index in [0.29, 0.717) is 0 Å². The van der Waals surface area contributed by atoms with Gasteiger partial charge in [-0.05, 0) is 26.3 Å².